The van der Waals surface area contributed by atoms with E-state index < -0.39 is 5.41 Å². The van der Waals surface area contributed by atoms with Crippen LogP contribution in [0.1, 0.15) is 26.3 Å². The fourth-order valence-corrected chi connectivity index (χ4v) is 2.92. The van der Waals surface area contributed by atoms with Crippen LogP contribution in [0.15, 0.2) is 24.3 Å². The molecule has 6 heteroatoms. The summed E-state index contributed by atoms with van der Waals surface area (Å²) in [5, 5.41) is 0. The van der Waals surface area contributed by atoms with Crippen molar-refractivity contribution in [3.05, 3.63) is 29.8 Å². The van der Waals surface area contributed by atoms with Gasteiger partial charge in [-0.25, -0.2) is 0 Å². The molecule has 1 saturated heterocycles. The number of carbonyl (C=O) groups is 2. The molecule has 25 heavy (non-hydrogen) atoms. The lowest BCUT2D eigenvalue weighted by Crippen LogP contribution is -2.54. The van der Waals surface area contributed by atoms with Gasteiger partial charge in [-0.05, 0) is 38.5 Å². The van der Waals surface area contributed by atoms with Crippen LogP contribution in [0, 0.1) is 5.41 Å². The molecule has 0 aliphatic carbocycles. The molecule has 0 radical (unpaired) electrons. The van der Waals surface area contributed by atoms with Crippen molar-refractivity contribution in [2.45, 2.75) is 27.2 Å². The van der Waals surface area contributed by atoms with E-state index in [4.69, 9.17) is 16.3 Å². The van der Waals surface area contributed by atoms with Gasteiger partial charge < -0.3 is 14.5 Å². The van der Waals surface area contributed by atoms with Crippen LogP contribution in [0.3, 0.4) is 0 Å². The molecule has 1 aromatic rings. The SMILES string of the molecule is CCOc1ccc(CC(=O)N2CCN(C(=O)C(C)(C)CCl)CC2)cc1. The average molecular weight is 367 g/mol. The molecule has 2 amide bonds. The Morgan fingerprint density at radius 3 is 2.16 bits per heavy atom. The van der Waals surface area contributed by atoms with E-state index in [0.717, 1.165) is 11.3 Å². The van der Waals surface area contributed by atoms with Crippen LogP contribution in [-0.4, -0.2) is 60.3 Å². The molecule has 2 rings (SSSR count). The smallest absolute Gasteiger partial charge is 0.229 e. The maximum Gasteiger partial charge on any atom is 0.229 e. The van der Waals surface area contributed by atoms with Crippen LogP contribution < -0.4 is 4.74 Å². The molecule has 0 saturated carbocycles. The second-order valence-electron chi connectivity index (χ2n) is 6.94. The maximum atomic E-state index is 12.5. The number of piperazine rings is 1. The summed E-state index contributed by atoms with van der Waals surface area (Å²) in [4.78, 5) is 28.5. The van der Waals surface area contributed by atoms with E-state index in [9.17, 15) is 9.59 Å². The molecule has 1 aliphatic rings. The molecule has 1 heterocycles. The van der Waals surface area contributed by atoms with Crippen molar-refractivity contribution < 1.29 is 14.3 Å². The fraction of sp³-hybridized carbons (Fsp3) is 0.579. The topological polar surface area (TPSA) is 49.9 Å². The second kappa shape index (κ2) is 8.56. The summed E-state index contributed by atoms with van der Waals surface area (Å²) >= 11 is 5.89. The minimum Gasteiger partial charge on any atom is -0.494 e. The molecule has 0 unspecified atom stereocenters. The number of ether oxygens (including phenoxy) is 1. The summed E-state index contributed by atoms with van der Waals surface area (Å²) in [6.07, 6.45) is 0.369. The Bertz CT molecular complexity index is 593. The summed E-state index contributed by atoms with van der Waals surface area (Å²) in [7, 11) is 0. The third-order valence-corrected chi connectivity index (χ3v) is 5.09. The number of nitrogens with zero attached hydrogens (tertiary/aromatic N) is 2. The van der Waals surface area contributed by atoms with Gasteiger partial charge >= 0.3 is 0 Å². The van der Waals surface area contributed by atoms with Crippen molar-refractivity contribution in [1.82, 2.24) is 9.80 Å². The molecule has 1 aromatic carbocycles. The molecular weight excluding hydrogens is 340 g/mol. The Morgan fingerprint density at radius 2 is 1.64 bits per heavy atom. The lowest BCUT2D eigenvalue weighted by molar-refractivity contribution is -0.144. The fourth-order valence-electron chi connectivity index (χ4n) is 2.80. The van der Waals surface area contributed by atoms with Crippen LogP contribution in [0.2, 0.25) is 0 Å². The van der Waals surface area contributed by atoms with E-state index >= 15 is 0 Å². The van der Waals surface area contributed by atoms with Crippen LogP contribution >= 0.6 is 11.6 Å². The predicted octanol–water partition coefficient (Wildman–Crippen LogP) is 2.56. The highest BCUT2D eigenvalue weighted by Gasteiger charge is 2.33. The first-order chi connectivity index (χ1) is 11.9. The van der Waals surface area contributed by atoms with Gasteiger partial charge in [0.1, 0.15) is 5.75 Å². The Labute approximate surface area is 154 Å². The molecule has 1 aliphatic heterocycles. The molecule has 5 nitrogen and oxygen atoms in total. The van der Waals surface area contributed by atoms with Gasteiger partial charge in [0.15, 0.2) is 0 Å². The van der Waals surface area contributed by atoms with Gasteiger partial charge in [-0.3, -0.25) is 9.59 Å². The Balaban J connectivity index is 1.86. The zero-order chi connectivity index (χ0) is 18.4. The lowest BCUT2D eigenvalue weighted by atomic mass is 9.94. The van der Waals surface area contributed by atoms with Gasteiger partial charge in [0.25, 0.3) is 0 Å². The minimum atomic E-state index is -0.559. The molecule has 0 aromatic heterocycles. The van der Waals surface area contributed by atoms with E-state index in [1.807, 2.05) is 54.8 Å². The molecule has 0 N–H and O–H groups in total. The summed E-state index contributed by atoms with van der Waals surface area (Å²) in [6, 6.07) is 7.62. The minimum absolute atomic E-state index is 0.0566. The van der Waals surface area contributed by atoms with E-state index in [1.54, 1.807) is 0 Å². The van der Waals surface area contributed by atoms with E-state index in [0.29, 0.717) is 45.1 Å². The standard InChI is InChI=1S/C19H27ClN2O3/c1-4-25-16-7-5-15(6-8-16)13-17(23)21-9-11-22(12-10-21)18(24)19(2,3)14-20/h5-8H,4,9-14H2,1-3H3. The Morgan fingerprint density at radius 1 is 1.08 bits per heavy atom. The highest BCUT2D eigenvalue weighted by atomic mass is 35.5. The highest BCUT2D eigenvalue weighted by Crippen LogP contribution is 2.22. The molecule has 1 fully saturated rings. The van der Waals surface area contributed by atoms with Crippen molar-refractivity contribution in [3.8, 4) is 5.75 Å². The van der Waals surface area contributed by atoms with Gasteiger partial charge in [-0.1, -0.05) is 12.1 Å². The van der Waals surface area contributed by atoms with Gasteiger partial charge in [0, 0.05) is 32.1 Å². The Kier molecular flexibility index (Phi) is 6.71. The number of alkyl halides is 1. The van der Waals surface area contributed by atoms with E-state index in [-0.39, 0.29) is 11.8 Å². The van der Waals surface area contributed by atoms with Crippen LogP contribution in [-0.2, 0) is 16.0 Å². The Hall–Kier alpha value is -1.75. The average Bonchev–Trinajstić information content (AvgIpc) is 2.63. The third-order valence-electron chi connectivity index (χ3n) is 4.42. The van der Waals surface area contributed by atoms with Gasteiger partial charge in [-0.2, -0.15) is 0 Å². The van der Waals surface area contributed by atoms with Crippen molar-refractivity contribution >= 4 is 23.4 Å². The van der Waals surface area contributed by atoms with E-state index in [2.05, 4.69) is 0 Å². The molecule has 0 spiro atoms. The number of amides is 2. The van der Waals surface area contributed by atoms with Crippen LogP contribution in [0.5, 0.6) is 5.75 Å². The predicted molar refractivity (Wildman–Crippen MR) is 99.0 cm³/mol. The van der Waals surface area contributed by atoms with Crippen LogP contribution in [0.25, 0.3) is 0 Å². The molecule has 0 atom stereocenters. The second-order valence-corrected chi connectivity index (χ2v) is 7.21. The quantitative estimate of drug-likeness (QED) is 0.727. The van der Waals surface area contributed by atoms with Crippen molar-refractivity contribution in [2.24, 2.45) is 5.41 Å². The number of benzene rings is 1. The number of carbonyl (C=O) groups excluding carboxylic acids is 2. The first-order valence-electron chi connectivity index (χ1n) is 8.72. The summed E-state index contributed by atoms with van der Waals surface area (Å²) < 4.78 is 5.41. The summed E-state index contributed by atoms with van der Waals surface area (Å²) in [5.41, 5.74) is 0.408. The number of hydrogen-bond donors (Lipinski definition) is 0. The normalized spacial score (nSPS) is 15.2. The number of hydrogen-bond acceptors (Lipinski definition) is 3. The monoisotopic (exact) mass is 366 g/mol. The van der Waals surface area contributed by atoms with Gasteiger partial charge in [0.05, 0.1) is 18.4 Å². The van der Waals surface area contributed by atoms with Crippen molar-refractivity contribution in [3.63, 3.8) is 0 Å². The maximum absolute atomic E-state index is 12.5. The van der Waals surface area contributed by atoms with Gasteiger partial charge in [0.2, 0.25) is 11.8 Å². The summed E-state index contributed by atoms with van der Waals surface area (Å²) in [6.45, 7) is 8.54. The van der Waals surface area contributed by atoms with Crippen molar-refractivity contribution in [1.29, 1.82) is 0 Å². The van der Waals surface area contributed by atoms with Crippen molar-refractivity contribution in [2.75, 3.05) is 38.7 Å². The number of rotatable bonds is 6. The first kappa shape index (κ1) is 19.6. The largest absolute Gasteiger partial charge is 0.494 e. The van der Waals surface area contributed by atoms with Gasteiger partial charge in [-0.15, -0.1) is 11.6 Å². The third kappa shape index (κ3) is 5.11. The van der Waals surface area contributed by atoms with E-state index in [1.165, 1.54) is 0 Å². The molecule has 138 valence electrons. The first-order valence-corrected chi connectivity index (χ1v) is 9.25. The zero-order valence-electron chi connectivity index (χ0n) is 15.3. The zero-order valence-corrected chi connectivity index (χ0v) is 16.0. The van der Waals surface area contributed by atoms with Crippen LogP contribution in [0.4, 0.5) is 0 Å². The summed E-state index contributed by atoms with van der Waals surface area (Å²) in [5.74, 6) is 1.25. The molecular formula is C19H27ClN2O3. The number of halogens is 1. The molecule has 0 bridgehead atoms. The highest BCUT2D eigenvalue weighted by molar-refractivity contribution is 6.19. The lowest BCUT2D eigenvalue weighted by Gasteiger charge is -2.38.